The first-order valence-corrected chi connectivity index (χ1v) is 15.3. The van der Waals surface area contributed by atoms with E-state index in [-0.39, 0.29) is 17.7 Å². The molecular weight excluding hydrogens is 570 g/mol. The molecule has 2 aromatic heterocycles. The van der Waals surface area contributed by atoms with Gasteiger partial charge < -0.3 is 24.3 Å². The van der Waals surface area contributed by atoms with Crippen LogP contribution in [-0.4, -0.2) is 51.0 Å². The monoisotopic (exact) mass is 609 g/mol. The number of aromatic nitrogens is 4. The summed E-state index contributed by atoms with van der Waals surface area (Å²) in [4.78, 5) is 25.0. The van der Waals surface area contributed by atoms with Gasteiger partial charge in [0.05, 0.1) is 6.33 Å². The molecule has 3 heterocycles. The van der Waals surface area contributed by atoms with E-state index in [1.807, 2.05) is 93.6 Å². The van der Waals surface area contributed by atoms with E-state index in [9.17, 15) is 4.79 Å². The minimum Gasteiger partial charge on any atom is -0.491 e. The third-order valence-corrected chi connectivity index (χ3v) is 7.69. The smallest absolute Gasteiger partial charge is 0.280 e. The van der Waals surface area contributed by atoms with Crippen molar-refractivity contribution < 1.29 is 18.9 Å². The average molecular weight is 610 g/mol. The fraction of sp³-hybridized carbons (Fsp3) is 0.343. The Morgan fingerprint density at radius 1 is 0.844 bits per heavy atom. The van der Waals surface area contributed by atoms with Gasteiger partial charge in [0.1, 0.15) is 30.0 Å². The van der Waals surface area contributed by atoms with E-state index in [0.717, 1.165) is 22.4 Å². The molecule has 2 N–H and O–H groups in total. The Kier molecular flexibility index (Phi) is 8.75. The van der Waals surface area contributed by atoms with Gasteiger partial charge in [-0.1, -0.05) is 66.9 Å². The lowest BCUT2D eigenvalue weighted by Crippen LogP contribution is -2.42. The third-order valence-electron chi connectivity index (χ3n) is 7.69. The molecule has 5 aromatic rings. The van der Waals surface area contributed by atoms with Gasteiger partial charge in [0.2, 0.25) is 5.95 Å². The molecule has 6 rings (SSSR count). The van der Waals surface area contributed by atoms with Gasteiger partial charge in [-0.3, -0.25) is 14.3 Å². The van der Waals surface area contributed by atoms with Crippen molar-refractivity contribution in [3.8, 4) is 17.2 Å². The van der Waals surface area contributed by atoms with Crippen LogP contribution >= 0.6 is 0 Å². The van der Waals surface area contributed by atoms with Gasteiger partial charge >= 0.3 is 0 Å². The van der Waals surface area contributed by atoms with Gasteiger partial charge in [-0.2, -0.15) is 4.98 Å². The number of H-pyrrole nitrogens is 1. The summed E-state index contributed by atoms with van der Waals surface area (Å²) in [5, 5.41) is 3.21. The highest BCUT2D eigenvalue weighted by Gasteiger charge is 2.50. The van der Waals surface area contributed by atoms with Gasteiger partial charge in [-0.25, -0.2) is 4.98 Å². The maximum Gasteiger partial charge on any atom is 0.280 e. The number of imidazole rings is 1. The molecule has 45 heavy (non-hydrogen) atoms. The summed E-state index contributed by atoms with van der Waals surface area (Å²) in [7, 11) is 0. The highest BCUT2D eigenvalue weighted by Crippen LogP contribution is 2.37. The Balaban J connectivity index is 1.40. The van der Waals surface area contributed by atoms with Crippen LogP contribution in [0.4, 0.5) is 5.95 Å². The largest absolute Gasteiger partial charge is 0.491 e. The number of rotatable bonds is 11. The number of hydrogen-bond donors (Lipinski definition) is 2. The summed E-state index contributed by atoms with van der Waals surface area (Å²) in [6.45, 7) is 11.1. The van der Waals surface area contributed by atoms with Crippen LogP contribution in [0.3, 0.4) is 0 Å². The first-order valence-electron chi connectivity index (χ1n) is 15.3. The zero-order chi connectivity index (χ0) is 31.5. The van der Waals surface area contributed by atoms with E-state index >= 15 is 0 Å². The van der Waals surface area contributed by atoms with Crippen molar-refractivity contribution >= 4 is 17.1 Å². The predicted octanol–water partition coefficient (Wildman–Crippen LogP) is 5.98. The molecule has 0 amide bonds. The number of hydrogen-bond acceptors (Lipinski definition) is 8. The van der Waals surface area contributed by atoms with Crippen LogP contribution in [0.25, 0.3) is 11.2 Å². The number of benzene rings is 3. The normalized spacial score (nSPS) is 19.6. The van der Waals surface area contributed by atoms with E-state index in [1.54, 1.807) is 10.9 Å². The van der Waals surface area contributed by atoms with Crippen molar-refractivity contribution in [2.75, 3.05) is 18.5 Å². The molecule has 0 spiro atoms. The van der Waals surface area contributed by atoms with Gasteiger partial charge in [-0.05, 0) is 63.1 Å². The number of aromatic amines is 1. The molecule has 3 aromatic carbocycles. The van der Waals surface area contributed by atoms with E-state index in [0.29, 0.717) is 35.6 Å². The fourth-order valence-electron chi connectivity index (χ4n) is 5.19. The number of anilines is 1. The van der Waals surface area contributed by atoms with E-state index in [2.05, 4.69) is 29.1 Å². The number of fused-ring (bicyclic) bond motifs is 1. The van der Waals surface area contributed by atoms with Gasteiger partial charge in [0, 0.05) is 6.54 Å². The van der Waals surface area contributed by atoms with Crippen LogP contribution in [0.15, 0.2) is 83.9 Å². The predicted molar refractivity (Wildman–Crippen MR) is 173 cm³/mol. The van der Waals surface area contributed by atoms with Crippen molar-refractivity contribution in [3.05, 3.63) is 106 Å². The number of nitrogens with zero attached hydrogens (tertiary/aromatic N) is 3. The minimum atomic E-state index is -0.745. The lowest BCUT2D eigenvalue weighted by atomic mass is 10.1. The molecular formula is C35H39N5O5. The SMILES string of the molecule is Cc1ccc(OC[C@H]2O[C@@H](n3cnc4c(=O)[nH]c(NCC(C)C)nc43)[C@H](Oc3ccc(C)cc3)[C@@H]2Oc2ccc(C)cc2)cc1. The van der Waals surface area contributed by atoms with Crippen LogP contribution in [0.2, 0.25) is 0 Å². The van der Waals surface area contributed by atoms with Crippen LogP contribution in [-0.2, 0) is 4.74 Å². The molecule has 1 fully saturated rings. The summed E-state index contributed by atoms with van der Waals surface area (Å²) in [6.07, 6.45) is -0.980. The maximum absolute atomic E-state index is 13.0. The molecule has 234 valence electrons. The van der Waals surface area contributed by atoms with Crippen LogP contribution in [0, 0.1) is 26.7 Å². The molecule has 4 atom stereocenters. The van der Waals surface area contributed by atoms with Gasteiger partial charge in [0.25, 0.3) is 5.56 Å². The molecule has 0 aliphatic carbocycles. The summed E-state index contributed by atoms with van der Waals surface area (Å²) >= 11 is 0. The molecule has 10 heteroatoms. The Bertz CT molecular complexity index is 1780. The van der Waals surface area contributed by atoms with Crippen molar-refractivity contribution in [1.29, 1.82) is 0 Å². The lowest BCUT2D eigenvalue weighted by molar-refractivity contribution is -0.0434. The number of aryl methyl sites for hydroxylation is 3. The topological polar surface area (TPSA) is 113 Å². The lowest BCUT2D eigenvalue weighted by Gasteiger charge is -2.26. The summed E-state index contributed by atoms with van der Waals surface area (Å²) in [5.41, 5.74) is 3.62. The quantitative estimate of drug-likeness (QED) is 0.188. The van der Waals surface area contributed by atoms with Crippen LogP contribution in [0.5, 0.6) is 17.2 Å². The van der Waals surface area contributed by atoms with E-state index in [1.165, 1.54) is 0 Å². The molecule has 0 radical (unpaired) electrons. The number of ether oxygens (including phenoxy) is 4. The van der Waals surface area contributed by atoms with Crippen molar-refractivity contribution in [2.45, 2.75) is 59.2 Å². The Morgan fingerprint density at radius 2 is 1.40 bits per heavy atom. The Morgan fingerprint density at radius 3 is 1.98 bits per heavy atom. The highest BCUT2D eigenvalue weighted by molar-refractivity contribution is 5.71. The van der Waals surface area contributed by atoms with E-state index in [4.69, 9.17) is 23.9 Å². The molecule has 1 saturated heterocycles. The summed E-state index contributed by atoms with van der Waals surface area (Å²) in [5.74, 6) is 2.78. The van der Waals surface area contributed by atoms with E-state index < -0.39 is 24.5 Å². The second-order valence-corrected chi connectivity index (χ2v) is 12.0. The zero-order valence-electron chi connectivity index (χ0n) is 26.2. The molecule has 0 unspecified atom stereocenters. The summed E-state index contributed by atoms with van der Waals surface area (Å²) < 4.78 is 28.0. The van der Waals surface area contributed by atoms with Gasteiger partial charge in [0.15, 0.2) is 29.6 Å². The molecule has 1 aliphatic heterocycles. The van der Waals surface area contributed by atoms with Crippen LogP contribution < -0.4 is 25.1 Å². The van der Waals surface area contributed by atoms with Crippen molar-refractivity contribution in [3.63, 3.8) is 0 Å². The second kappa shape index (κ2) is 13.0. The van der Waals surface area contributed by atoms with Crippen molar-refractivity contribution in [1.82, 2.24) is 19.5 Å². The minimum absolute atomic E-state index is 0.200. The van der Waals surface area contributed by atoms with Crippen LogP contribution in [0.1, 0.15) is 36.8 Å². The Hall–Kier alpha value is -4.83. The fourth-order valence-corrected chi connectivity index (χ4v) is 5.19. The van der Waals surface area contributed by atoms with Gasteiger partial charge in [-0.15, -0.1) is 0 Å². The van der Waals surface area contributed by atoms with Crippen molar-refractivity contribution in [2.24, 2.45) is 5.92 Å². The highest BCUT2D eigenvalue weighted by atomic mass is 16.6. The number of nitrogens with one attached hydrogen (secondary N) is 2. The first-order chi connectivity index (χ1) is 21.7. The standard InChI is InChI=1S/C35H39N5O5/c1-21(2)18-36-35-38-32-29(33(41)39-35)37-20-40(32)34-31(44-27-16-10-24(5)11-17-27)30(43-26-14-8-23(4)9-15-26)28(45-34)19-42-25-12-6-22(3)7-13-25/h6-17,20-21,28,30-31,34H,18-19H2,1-5H3,(H2,36,38,39,41)/t28-,30-,31-,34-/m1/s1. The zero-order valence-corrected chi connectivity index (χ0v) is 26.2. The Labute approximate surface area is 262 Å². The average Bonchev–Trinajstić information content (AvgIpc) is 3.59. The third kappa shape index (κ3) is 6.96. The molecule has 0 bridgehead atoms. The first kappa shape index (κ1) is 30.2. The molecule has 1 aliphatic rings. The molecule has 0 saturated carbocycles. The maximum atomic E-state index is 13.0. The molecule has 10 nitrogen and oxygen atoms in total. The summed E-state index contributed by atoms with van der Waals surface area (Å²) in [6, 6.07) is 23.6. The second-order valence-electron chi connectivity index (χ2n) is 12.0.